The zero-order chi connectivity index (χ0) is 16.2. The van der Waals surface area contributed by atoms with Crippen molar-refractivity contribution in [1.29, 1.82) is 0 Å². The fourth-order valence-corrected chi connectivity index (χ4v) is 2.15. The molecule has 0 amide bonds. The molecule has 5 nitrogen and oxygen atoms in total. The highest BCUT2D eigenvalue weighted by Crippen LogP contribution is 2.22. The summed E-state index contributed by atoms with van der Waals surface area (Å²) in [5.74, 6) is 1.70. The highest BCUT2D eigenvalue weighted by atomic mass is 35.5. The number of ether oxygens (including phenoxy) is 1. The van der Waals surface area contributed by atoms with Crippen molar-refractivity contribution in [2.24, 2.45) is 0 Å². The number of hydrogen-bond acceptors (Lipinski definition) is 5. The van der Waals surface area contributed by atoms with Crippen LogP contribution in [0.15, 0.2) is 53.1 Å². The van der Waals surface area contributed by atoms with E-state index < -0.39 is 0 Å². The lowest BCUT2D eigenvalue weighted by molar-refractivity contribution is 0.287. The summed E-state index contributed by atoms with van der Waals surface area (Å²) in [5.41, 5.74) is 1.89. The first-order valence-corrected chi connectivity index (χ1v) is 7.48. The summed E-state index contributed by atoms with van der Waals surface area (Å²) in [7, 11) is 3.97. The van der Waals surface area contributed by atoms with Crippen LogP contribution in [0.1, 0.15) is 5.82 Å². The number of nitrogens with zero attached hydrogens (tertiary/aromatic N) is 3. The van der Waals surface area contributed by atoms with Crippen LogP contribution in [-0.2, 0) is 6.61 Å². The second-order valence-electron chi connectivity index (χ2n) is 5.20. The van der Waals surface area contributed by atoms with E-state index in [1.54, 1.807) is 12.1 Å². The van der Waals surface area contributed by atoms with E-state index in [4.69, 9.17) is 20.9 Å². The van der Waals surface area contributed by atoms with Crippen LogP contribution >= 0.6 is 11.6 Å². The molecular weight excluding hydrogens is 314 g/mol. The van der Waals surface area contributed by atoms with E-state index in [2.05, 4.69) is 10.1 Å². The third kappa shape index (κ3) is 3.81. The van der Waals surface area contributed by atoms with Gasteiger partial charge >= 0.3 is 0 Å². The molecule has 0 spiro atoms. The van der Waals surface area contributed by atoms with Crippen molar-refractivity contribution < 1.29 is 9.26 Å². The summed E-state index contributed by atoms with van der Waals surface area (Å²) in [6.07, 6.45) is 0. The predicted octanol–water partition coefficient (Wildman–Crippen LogP) is 4.04. The van der Waals surface area contributed by atoms with Crippen LogP contribution in [0.4, 0.5) is 5.69 Å². The molecule has 23 heavy (non-hydrogen) atoms. The first-order chi connectivity index (χ1) is 11.1. The van der Waals surface area contributed by atoms with Gasteiger partial charge in [-0.2, -0.15) is 4.98 Å². The van der Waals surface area contributed by atoms with Crippen molar-refractivity contribution in [2.45, 2.75) is 6.61 Å². The molecule has 0 saturated heterocycles. The standard InChI is InChI=1S/C17H16ClN3O2/c1-21(2)14-4-3-5-15(10-14)22-11-16-19-17(23-20-16)12-6-8-13(18)9-7-12/h3-10H,11H2,1-2H3. The summed E-state index contributed by atoms with van der Waals surface area (Å²) >= 11 is 5.87. The van der Waals surface area contributed by atoms with Crippen molar-refractivity contribution in [3.63, 3.8) is 0 Å². The number of anilines is 1. The van der Waals surface area contributed by atoms with Crippen LogP contribution in [-0.4, -0.2) is 24.2 Å². The average Bonchev–Trinajstić information content (AvgIpc) is 3.03. The number of rotatable bonds is 5. The first kappa shape index (κ1) is 15.4. The largest absolute Gasteiger partial charge is 0.485 e. The smallest absolute Gasteiger partial charge is 0.258 e. The minimum absolute atomic E-state index is 0.244. The number of hydrogen-bond donors (Lipinski definition) is 0. The number of halogens is 1. The molecule has 0 N–H and O–H groups in total. The van der Waals surface area contributed by atoms with Gasteiger partial charge in [-0.15, -0.1) is 0 Å². The van der Waals surface area contributed by atoms with Crippen molar-refractivity contribution in [3.8, 4) is 17.2 Å². The molecule has 3 aromatic rings. The molecule has 118 valence electrons. The molecular formula is C17H16ClN3O2. The fourth-order valence-electron chi connectivity index (χ4n) is 2.02. The van der Waals surface area contributed by atoms with Crippen LogP contribution in [0, 0.1) is 0 Å². The molecule has 3 rings (SSSR count). The van der Waals surface area contributed by atoms with Crippen molar-refractivity contribution in [1.82, 2.24) is 10.1 Å². The normalized spacial score (nSPS) is 10.6. The second kappa shape index (κ2) is 6.71. The summed E-state index contributed by atoms with van der Waals surface area (Å²) in [4.78, 5) is 6.34. The summed E-state index contributed by atoms with van der Waals surface area (Å²) < 4.78 is 11.0. The maximum atomic E-state index is 5.87. The van der Waals surface area contributed by atoms with Gasteiger partial charge in [-0.25, -0.2) is 0 Å². The highest BCUT2D eigenvalue weighted by molar-refractivity contribution is 6.30. The SMILES string of the molecule is CN(C)c1cccc(OCc2noc(-c3ccc(Cl)cc3)n2)c1. The second-order valence-corrected chi connectivity index (χ2v) is 5.64. The molecule has 1 heterocycles. The Balaban J connectivity index is 1.67. The summed E-state index contributed by atoms with van der Waals surface area (Å²) in [6, 6.07) is 15.0. The van der Waals surface area contributed by atoms with Crippen LogP contribution in [0.3, 0.4) is 0 Å². The lowest BCUT2D eigenvalue weighted by atomic mass is 10.2. The van der Waals surface area contributed by atoms with Gasteiger partial charge in [-0.05, 0) is 36.4 Å². The molecule has 0 fully saturated rings. The lowest BCUT2D eigenvalue weighted by Crippen LogP contribution is -2.08. The topological polar surface area (TPSA) is 51.4 Å². The van der Waals surface area contributed by atoms with Gasteiger partial charge in [0.25, 0.3) is 5.89 Å². The summed E-state index contributed by atoms with van der Waals surface area (Å²) in [5, 5.41) is 4.60. The minimum Gasteiger partial charge on any atom is -0.485 e. The van der Waals surface area contributed by atoms with Gasteiger partial charge in [-0.1, -0.05) is 22.8 Å². The lowest BCUT2D eigenvalue weighted by Gasteiger charge is -2.13. The Labute approximate surface area is 139 Å². The Morgan fingerprint density at radius 3 is 2.65 bits per heavy atom. The van der Waals surface area contributed by atoms with E-state index >= 15 is 0 Å². The molecule has 0 radical (unpaired) electrons. The zero-order valence-corrected chi connectivity index (χ0v) is 13.6. The molecule has 0 atom stereocenters. The van der Waals surface area contributed by atoms with E-state index in [1.807, 2.05) is 55.4 Å². The quantitative estimate of drug-likeness (QED) is 0.707. The molecule has 2 aromatic carbocycles. The average molecular weight is 330 g/mol. The highest BCUT2D eigenvalue weighted by Gasteiger charge is 2.09. The molecule has 6 heteroatoms. The van der Waals surface area contributed by atoms with E-state index in [1.165, 1.54) is 0 Å². The van der Waals surface area contributed by atoms with Crippen LogP contribution in [0.5, 0.6) is 5.75 Å². The van der Waals surface area contributed by atoms with Gasteiger partial charge in [-0.3, -0.25) is 0 Å². The maximum absolute atomic E-state index is 5.87. The van der Waals surface area contributed by atoms with Gasteiger partial charge < -0.3 is 14.2 Å². The molecule has 0 aliphatic rings. The summed E-state index contributed by atoms with van der Waals surface area (Å²) in [6.45, 7) is 0.244. The van der Waals surface area contributed by atoms with Gasteiger partial charge in [0.15, 0.2) is 6.61 Å². The van der Waals surface area contributed by atoms with Crippen molar-refractivity contribution in [2.75, 3.05) is 19.0 Å². The molecule has 0 bridgehead atoms. The predicted molar refractivity (Wildman–Crippen MR) is 89.8 cm³/mol. The Bertz CT molecular complexity index is 785. The van der Waals surface area contributed by atoms with E-state index in [0.29, 0.717) is 16.7 Å². The Hall–Kier alpha value is -2.53. The molecule has 0 saturated carbocycles. The van der Waals surface area contributed by atoms with E-state index in [9.17, 15) is 0 Å². The van der Waals surface area contributed by atoms with Crippen LogP contribution < -0.4 is 9.64 Å². The Morgan fingerprint density at radius 1 is 1.13 bits per heavy atom. The maximum Gasteiger partial charge on any atom is 0.258 e. The van der Waals surface area contributed by atoms with Gasteiger partial charge in [0.2, 0.25) is 5.82 Å². The fraction of sp³-hybridized carbons (Fsp3) is 0.176. The monoisotopic (exact) mass is 329 g/mol. The third-order valence-corrected chi connectivity index (χ3v) is 3.51. The Kier molecular flexibility index (Phi) is 4.48. The third-order valence-electron chi connectivity index (χ3n) is 3.26. The van der Waals surface area contributed by atoms with Gasteiger partial charge in [0.1, 0.15) is 5.75 Å². The molecule has 0 unspecified atom stereocenters. The van der Waals surface area contributed by atoms with Gasteiger partial charge in [0.05, 0.1) is 0 Å². The molecule has 1 aromatic heterocycles. The first-order valence-electron chi connectivity index (χ1n) is 7.10. The molecule has 0 aliphatic heterocycles. The van der Waals surface area contributed by atoms with E-state index in [0.717, 1.165) is 17.0 Å². The van der Waals surface area contributed by atoms with E-state index in [-0.39, 0.29) is 6.61 Å². The van der Waals surface area contributed by atoms with Crippen molar-refractivity contribution >= 4 is 17.3 Å². The number of benzene rings is 2. The Morgan fingerprint density at radius 2 is 1.91 bits per heavy atom. The van der Waals surface area contributed by atoms with Crippen LogP contribution in [0.2, 0.25) is 5.02 Å². The van der Waals surface area contributed by atoms with Gasteiger partial charge in [0, 0.05) is 36.4 Å². The minimum atomic E-state index is 0.244. The zero-order valence-electron chi connectivity index (χ0n) is 12.9. The molecule has 0 aliphatic carbocycles. The van der Waals surface area contributed by atoms with Crippen LogP contribution in [0.25, 0.3) is 11.5 Å². The number of aromatic nitrogens is 2. The van der Waals surface area contributed by atoms with Crippen molar-refractivity contribution in [3.05, 3.63) is 59.4 Å².